The van der Waals surface area contributed by atoms with Crippen LogP contribution in [0.15, 0.2) is 0 Å². The van der Waals surface area contributed by atoms with Gasteiger partial charge in [-0.1, -0.05) is 20.3 Å². The molecule has 0 saturated carbocycles. The summed E-state index contributed by atoms with van der Waals surface area (Å²) in [6.07, 6.45) is 2.80. The molecule has 0 aliphatic heterocycles. The number of carbonyl (C=O) groups excluding carboxylic acids is 1. The van der Waals surface area contributed by atoms with Crippen molar-refractivity contribution < 1.29 is 9.90 Å². The zero-order valence-electron chi connectivity index (χ0n) is 8.47. The Kier molecular flexibility index (Phi) is 7.39. The highest BCUT2D eigenvalue weighted by Crippen LogP contribution is 1.88. The summed E-state index contributed by atoms with van der Waals surface area (Å²) in [5.74, 6) is 0. The van der Waals surface area contributed by atoms with Gasteiger partial charge in [0.05, 0.1) is 12.6 Å². The van der Waals surface area contributed by atoms with Gasteiger partial charge in [0.1, 0.15) is 0 Å². The molecule has 0 bridgehead atoms. The van der Waals surface area contributed by atoms with Crippen LogP contribution in [0.4, 0.5) is 4.79 Å². The van der Waals surface area contributed by atoms with E-state index in [4.69, 9.17) is 5.11 Å². The Bertz CT molecular complexity index is 136. The molecule has 0 heterocycles. The zero-order chi connectivity index (χ0) is 10.1. The van der Waals surface area contributed by atoms with Crippen LogP contribution in [0.2, 0.25) is 0 Å². The van der Waals surface area contributed by atoms with Gasteiger partial charge >= 0.3 is 6.03 Å². The van der Waals surface area contributed by atoms with Crippen molar-refractivity contribution in [3.63, 3.8) is 0 Å². The van der Waals surface area contributed by atoms with Crippen LogP contribution in [0, 0.1) is 0 Å². The lowest BCUT2D eigenvalue weighted by Gasteiger charge is -2.14. The van der Waals surface area contributed by atoms with E-state index in [1.807, 2.05) is 6.92 Å². The van der Waals surface area contributed by atoms with E-state index in [2.05, 4.69) is 17.6 Å². The van der Waals surface area contributed by atoms with E-state index in [0.29, 0.717) is 6.54 Å². The second-order valence-electron chi connectivity index (χ2n) is 3.04. The molecule has 0 aliphatic rings. The molecule has 0 rings (SSSR count). The largest absolute Gasteiger partial charge is 0.394 e. The Morgan fingerprint density at radius 1 is 1.46 bits per heavy atom. The lowest BCUT2D eigenvalue weighted by atomic mass is 10.2. The molecule has 2 amide bonds. The van der Waals surface area contributed by atoms with Crippen LogP contribution in [0.25, 0.3) is 0 Å². The van der Waals surface area contributed by atoms with E-state index in [9.17, 15) is 4.79 Å². The monoisotopic (exact) mass is 188 g/mol. The summed E-state index contributed by atoms with van der Waals surface area (Å²) in [5, 5.41) is 14.2. The van der Waals surface area contributed by atoms with E-state index in [1.54, 1.807) is 0 Å². The number of unbranched alkanes of at least 4 members (excludes halogenated alkanes) is 1. The molecule has 0 fully saturated rings. The maximum atomic E-state index is 11.1. The topological polar surface area (TPSA) is 61.4 Å². The van der Waals surface area contributed by atoms with Crippen molar-refractivity contribution in [2.75, 3.05) is 13.2 Å². The number of hydrogen-bond acceptors (Lipinski definition) is 2. The average Bonchev–Trinajstić information content (AvgIpc) is 2.14. The number of carbonyl (C=O) groups is 1. The molecule has 0 aromatic heterocycles. The van der Waals surface area contributed by atoms with Crippen LogP contribution in [0.1, 0.15) is 33.1 Å². The lowest BCUT2D eigenvalue weighted by molar-refractivity contribution is 0.214. The Hall–Kier alpha value is -0.770. The molecule has 78 valence electrons. The normalized spacial score (nSPS) is 12.2. The third kappa shape index (κ3) is 6.40. The van der Waals surface area contributed by atoms with Crippen LogP contribution in [-0.4, -0.2) is 30.3 Å². The predicted octanol–water partition coefficient (Wildman–Crippen LogP) is 0.857. The quantitative estimate of drug-likeness (QED) is 0.541. The van der Waals surface area contributed by atoms with Crippen molar-refractivity contribution >= 4 is 6.03 Å². The van der Waals surface area contributed by atoms with Crippen LogP contribution in [0.5, 0.6) is 0 Å². The molecular formula is C9H20N2O2. The van der Waals surface area contributed by atoms with Gasteiger partial charge in [-0.25, -0.2) is 4.79 Å². The first-order chi connectivity index (χ1) is 6.24. The van der Waals surface area contributed by atoms with Gasteiger partial charge in [-0.15, -0.1) is 0 Å². The standard InChI is InChI=1S/C9H20N2O2/c1-3-5-6-10-9(13)11-8(4-2)7-12/h8,12H,3-7H2,1-2H3,(H2,10,11,13)/t8-/m1/s1. The maximum absolute atomic E-state index is 11.1. The van der Waals surface area contributed by atoms with E-state index in [-0.39, 0.29) is 18.7 Å². The summed E-state index contributed by atoms with van der Waals surface area (Å²) < 4.78 is 0. The fourth-order valence-electron chi connectivity index (χ4n) is 0.892. The minimum atomic E-state index is -0.186. The molecular weight excluding hydrogens is 168 g/mol. The van der Waals surface area contributed by atoms with Gasteiger partial charge in [-0.2, -0.15) is 0 Å². The number of rotatable bonds is 6. The first-order valence-electron chi connectivity index (χ1n) is 4.89. The Morgan fingerprint density at radius 3 is 2.62 bits per heavy atom. The molecule has 0 radical (unpaired) electrons. The minimum Gasteiger partial charge on any atom is -0.394 e. The molecule has 1 atom stereocenters. The number of urea groups is 1. The molecule has 13 heavy (non-hydrogen) atoms. The first kappa shape index (κ1) is 12.2. The molecule has 0 spiro atoms. The smallest absolute Gasteiger partial charge is 0.315 e. The third-order valence-corrected chi connectivity index (χ3v) is 1.86. The van der Waals surface area contributed by atoms with Crippen molar-refractivity contribution in [2.45, 2.75) is 39.2 Å². The molecule has 0 saturated heterocycles. The van der Waals surface area contributed by atoms with Crippen molar-refractivity contribution in [3.8, 4) is 0 Å². The van der Waals surface area contributed by atoms with Crippen molar-refractivity contribution in [1.82, 2.24) is 10.6 Å². The van der Waals surface area contributed by atoms with Gasteiger partial charge in [-0.05, 0) is 12.8 Å². The minimum absolute atomic E-state index is 0.00228. The summed E-state index contributed by atoms with van der Waals surface area (Å²) in [6.45, 7) is 4.69. The highest BCUT2D eigenvalue weighted by molar-refractivity contribution is 5.74. The summed E-state index contributed by atoms with van der Waals surface area (Å²) >= 11 is 0. The second kappa shape index (κ2) is 7.86. The fourth-order valence-corrected chi connectivity index (χ4v) is 0.892. The Labute approximate surface area is 79.7 Å². The maximum Gasteiger partial charge on any atom is 0.315 e. The SMILES string of the molecule is CCCCNC(=O)N[C@H](CC)CO. The Balaban J connectivity index is 3.48. The third-order valence-electron chi connectivity index (χ3n) is 1.86. The molecule has 0 aliphatic carbocycles. The average molecular weight is 188 g/mol. The van der Waals surface area contributed by atoms with Gasteiger partial charge in [0.2, 0.25) is 0 Å². The van der Waals surface area contributed by atoms with Gasteiger partial charge in [0.15, 0.2) is 0 Å². The van der Waals surface area contributed by atoms with Crippen LogP contribution < -0.4 is 10.6 Å². The van der Waals surface area contributed by atoms with Gasteiger partial charge in [0.25, 0.3) is 0 Å². The molecule has 0 aromatic rings. The van der Waals surface area contributed by atoms with Gasteiger partial charge in [0, 0.05) is 6.54 Å². The van der Waals surface area contributed by atoms with Gasteiger partial charge < -0.3 is 15.7 Å². The van der Waals surface area contributed by atoms with Gasteiger partial charge in [-0.3, -0.25) is 0 Å². The predicted molar refractivity (Wildman–Crippen MR) is 52.6 cm³/mol. The number of hydrogen-bond donors (Lipinski definition) is 3. The van der Waals surface area contributed by atoms with Crippen LogP contribution in [0.3, 0.4) is 0 Å². The van der Waals surface area contributed by atoms with E-state index in [0.717, 1.165) is 19.3 Å². The number of aliphatic hydroxyl groups excluding tert-OH is 1. The van der Waals surface area contributed by atoms with Crippen LogP contribution in [-0.2, 0) is 0 Å². The molecule has 4 heteroatoms. The highest BCUT2D eigenvalue weighted by atomic mass is 16.3. The first-order valence-corrected chi connectivity index (χ1v) is 4.89. The number of nitrogens with one attached hydrogen (secondary N) is 2. The molecule has 4 nitrogen and oxygen atoms in total. The fraction of sp³-hybridized carbons (Fsp3) is 0.889. The van der Waals surface area contributed by atoms with E-state index < -0.39 is 0 Å². The van der Waals surface area contributed by atoms with E-state index >= 15 is 0 Å². The molecule has 3 N–H and O–H groups in total. The summed E-state index contributed by atoms with van der Waals surface area (Å²) in [6, 6.07) is -0.309. The Morgan fingerprint density at radius 2 is 2.15 bits per heavy atom. The van der Waals surface area contributed by atoms with Crippen molar-refractivity contribution in [1.29, 1.82) is 0 Å². The molecule has 0 aromatic carbocycles. The second-order valence-corrected chi connectivity index (χ2v) is 3.04. The van der Waals surface area contributed by atoms with E-state index in [1.165, 1.54) is 0 Å². The summed E-state index contributed by atoms with van der Waals surface area (Å²) in [4.78, 5) is 11.1. The summed E-state index contributed by atoms with van der Waals surface area (Å²) in [5.41, 5.74) is 0. The lowest BCUT2D eigenvalue weighted by Crippen LogP contribution is -2.43. The van der Waals surface area contributed by atoms with Crippen molar-refractivity contribution in [2.24, 2.45) is 0 Å². The zero-order valence-corrected chi connectivity index (χ0v) is 8.47. The molecule has 0 unspecified atom stereocenters. The number of amides is 2. The highest BCUT2D eigenvalue weighted by Gasteiger charge is 2.07. The van der Waals surface area contributed by atoms with Crippen molar-refractivity contribution in [3.05, 3.63) is 0 Å². The summed E-state index contributed by atoms with van der Waals surface area (Å²) in [7, 11) is 0. The number of aliphatic hydroxyl groups is 1. The van der Waals surface area contributed by atoms with Crippen LogP contribution >= 0.6 is 0 Å².